The van der Waals surface area contributed by atoms with Crippen LogP contribution in [-0.4, -0.2) is 14.8 Å². The zero-order valence-electron chi connectivity index (χ0n) is 12.2. The Morgan fingerprint density at radius 1 is 1.40 bits per heavy atom. The molecule has 5 heteroatoms. The summed E-state index contributed by atoms with van der Waals surface area (Å²) in [6, 6.07) is 5.41. The van der Waals surface area contributed by atoms with Gasteiger partial charge in [0.05, 0.1) is 6.54 Å². The smallest absolute Gasteiger partial charge is 0.140 e. The lowest BCUT2D eigenvalue weighted by Gasteiger charge is -2.15. The van der Waals surface area contributed by atoms with Crippen molar-refractivity contribution < 1.29 is 4.39 Å². The van der Waals surface area contributed by atoms with E-state index in [1.165, 1.54) is 0 Å². The van der Waals surface area contributed by atoms with E-state index in [9.17, 15) is 4.39 Å². The fourth-order valence-corrected chi connectivity index (χ4v) is 2.06. The summed E-state index contributed by atoms with van der Waals surface area (Å²) in [5.41, 5.74) is 1.61. The van der Waals surface area contributed by atoms with Crippen LogP contribution in [0.15, 0.2) is 24.5 Å². The first kappa shape index (κ1) is 14.7. The second kappa shape index (κ2) is 6.61. The number of hydrogen-bond donors (Lipinski definition) is 1. The molecule has 0 fully saturated rings. The number of nitrogens with zero attached hydrogens (tertiary/aromatic N) is 3. The third kappa shape index (κ3) is 3.42. The van der Waals surface area contributed by atoms with Crippen LogP contribution in [0.1, 0.15) is 43.3 Å². The number of halogens is 1. The molecule has 1 unspecified atom stereocenters. The Hall–Kier alpha value is -1.75. The summed E-state index contributed by atoms with van der Waals surface area (Å²) < 4.78 is 15.5. The molecule has 1 N–H and O–H groups in total. The van der Waals surface area contributed by atoms with Gasteiger partial charge in [0.25, 0.3) is 0 Å². The Balaban J connectivity index is 1.99. The van der Waals surface area contributed by atoms with Gasteiger partial charge in [-0.3, -0.25) is 0 Å². The molecule has 4 nitrogen and oxygen atoms in total. The molecule has 1 aromatic carbocycles. The molecule has 0 bridgehead atoms. The molecule has 20 heavy (non-hydrogen) atoms. The minimum atomic E-state index is -0.162. The standard InChI is InChI=1S/C15H21FN4/c1-4-7-20-15(18-10-19-20)9-17-12(3)13-6-5-11(2)14(16)8-13/h5-6,8,10,12,17H,4,7,9H2,1-3H3. The molecule has 1 heterocycles. The zero-order valence-corrected chi connectivity index (χ0v) is 12.2. The molecule has 108 valence electrons. The van der Waals surface area contributed by atoms with E-state index < -0.39 is 0 Å². The van der Waals surface area contributed by atoms with Crippen LogP contribution in [0.25, 0.3) is 0 Å². The van der Waals surface area contributed by atoms with Crippen molar-refractivity contribution in [1.29, 1.82) is 0 Å². The van der Waals surface area contributed by atoms with Crippen LogP contribution < -0.4 is 5.32 Å². The van der Waals surface area contributed by atoms with Crippen LogP contribution in [0.4, 0.5) is 4.39 Å². The predicted molar refractivity (Wildman–Crippen MR) is 76.7 cm³/mol. The van der Waals surface area contributed by atoms with Gasteiger partial charge in [0, 0.05) is 12.6 Å². The monoisotopic (exact) mass is 276 g/mol. The van der Waals surface area contributed by atoms with Crippen molar-refractivity contribution in [2.75, 3.05) is 0 Å². The van der Waals surface area contributed by atoms with Gasteiger partial charge in [0.2, 0.25) is 0 Å². The van der Waals surface area contributed by atoms with Crippen LogP contribution in [0.5, 0.6) is 0 Å². The summed E-state index contributed by atoms with van der Waals surface area (Å²) in [6.45, 7) is 7.38. The molecular formula is C15H21FN4. The zero-order chi connectivity index (χ0) is 14.5. The first-order valence-electron chi connectivity index (χ1n) is 6.98. The molecule has 0 radical (unpaired) electrons. The molecule has 2 aromatic rings. The third-order valence-corrected chi connectivity index (χ3v) is 3.39. The average Bonchev–Trinajstić information content (AvgIpc) is 2.87. The Bertz CT molecular complexity index is 565. The molecule has 0 saturated heterocycles. The van der Waals surface area contributed by atoms with E-state index in [2.05, 4.69) is 22.3 Å². The maximum Gasteiger partial charge on any atom is 0.140 e. The minimum absolute atomic E-state index is 0.0666. The van der Waals surface area contributed by atoms with E-state index in [1.54, 1.807) is 19.3 Å². The highest BCUT2D eigenvalue weighted by Crippen LogP contribution is 2.16. The largest absolute Gasteiger partial charge is 0.303 e. The maximum absolute atomic E-state index is 13.6. The molecular weight excluding hydrogens is 255 g/mol. The lowest BCUT2D eigenvalue weighted by atomic mass is 10.1. The van der Waals surface area contributed by atoms with Crippen molar-refractivity contribution in [2.24, 2.45) is 0 Å². The molecule has 0 aliphatic rings. The fraction of sp³-hybridized carbons (Fsp3) is 0.467. The van der Waals surface area contributed by atoms with Gasteiger partial charge in [-0.2, -0.15) is 5.10 Å². The molecule has 1 aromatic heterocycles. The SMILES string of the molecule is CCCn1ncnc1CNC(C)c1ccc(C)c(F)c1. The van der Waals surface area contributed by atoms with E-state index in [0.717, 1.165) is 24.4 Å². The summed E-state index contributed by atoms with van der Waals surface area (Å²) >= 11 is 0. The predicted octanol–water partition coefficient (Wildman–Crippen LogP) is 2.99. The van der Waals surface area contributed by atoms with Gasteiger partial charge in [-0.15, -0.1) is 0 Å². The van der Waals surface area contributed by atoms with E-state index in [-0.39, 0.29) is 11.9 Å². The Labute approximate surface area is 119 Å². The number of aromatic nitrogens is 3. The lowest BCUT2D eigenvalue weighted by molar-refractivity contribution is 0.507. The highest BCUT2D eigenvalue weighted by molar-refractivity contribution is 5.25. The Kier molecular flexibility index (Phi) is 4.84. The molecule has 0 amide bonds. The van der Waals surface area contributed by atoms with E-state index in [4.69, 9.17) is 0 Å². The van der Waals surface area contributed by atoms with E-state index in [1.807, 2.05) is 23.7 Å². The normalized spacial score (nSPS) is 12.6. The fourth-order valence-electron chi connectivity index (χ4n) is 2.06. The second-order valence-corrected chi connectivity index (χ2v) is 5.01. The number of hydrogen-bond acceptors (Lipinski definition) is 3. The number of aryl methyl sites for hydroxylation is 2. The average molecular weight is 276 g/mol. The van der Waals surface area contributed by atoms with Gasteiger partial charge in [-0.1, -0.05) is 19.1 Å². The van der Waals surface area contributed by atoms with Crippen LogP contribution in [0.2, 0.25) is 0 Å². The number of benzene rings is 1. The van der Waals surface area contributed by atoms with Gasteiger partial charge in [0.15, 0.2) is 0 Å². The van der Waals surface area contributed by atoms with Crippen molar-refractivity contribution >= 4 is 0 Å². The minimum Gasteiger partial charge on any atom is -0.303 e. The topological polar surface area (TPSA) is 42.7 Å². The molecule has 2 rings (SSSR count). The Morgan fingerprint density at radius 3 is 2.90 bits per heavy atom. The van der Waals surface area contributed by atoms with Gasteiger partial charge >= 0.3 is 0 Å². The molecule has 0 aliphatic carbocycles. The lowest BCUT2D eigenvalue weighted by Crippen LogP contribution is -2.21. The summed E-state index contributed by atoms with van der Waals surface area (Å²) in [5.74, 6) is 0.747. The van der Waals surface area contributed by atoms with Crippen molar-refractivity contribution in [3.05, 3.63) is 47.3 Å². The summed E-state index contributed by atoms with van der Waals surface area (Å²) in [4.78, 5) is 4.25. The number of nitrogens with one attached hydrogen (secondary N) is 1. The number of rotatable bonds is 6. The quantitative estimate of drug-likeness (QED) is 0.882. The van der Waals surface area contributed by atoms with Gasteiger partial charge < -0.3 is 5.32 Å². The van der Waals surface area contributed by atoms with Gasteiger partial charge in [-0.05, 0) is 37.5 Å². The van der Waals surface area contributed by atoms with Crippen LogP contribution in [0.3, 0.4) is 0 Å². The van der Waals surface area contributed by atoms with E-state index >= 15 is 0 Å². The maximum atomic E-state index is 13.6. The highest BCUT2D eigenvalue weighted by Gasteiger charge is 2.09. The summed E-state index contributed by atoms with van der Waals surface area (Å²) in [7, 11) is 0. The first-order valence-corrected chi connectivity index (χ1v) is 6.98. The van der Waals surface area contributed by atoms with Crippen LogP contribution >= 0.6 is 0 Å². The molecule has 1 atom stereocenters. The molecule has 0 aliphatic heterocycles. The van der Waals surface area contributed by atoms with Crippen molar-refractivity contribution in [2.45, 2.75) is 46.3 Å². The van der Waals surface area contributed by atoms with Crippen molar-refractivity contribution in [3.8, 4) is 0 Å². The molecule has 0 saturated carbocycles. The van der Waals surface area contributed by atoms with E-state index in [0.29, 0.717) is 12.1 Å². The third-order valence-electron chi connectivity index (χ3n) is 3.39. The van der Waals surface area contributed by atoms with Crippen LogP contribution in [-0.2, 0) is 13.1 Å². The first-order chi connectivity index (χ1) is 9.61. The summed E-state index contributed by atoms with van der Waals surface area (Å²) in [5, 5.41) is 7.54. The van der Waals surface area contributed by atoms with Crippen LogP contribution in [0, 0.1) is 12.7 Å². The highest BCUT2D eigenvalue weighted by atomic mass is 19.1. The Morgan fingerprint density at radius 2 is 2.20 bits per heavy atom. The molecule has 0 spiro atoms. The van der Waals surface area contributed by atoms with Crippen molar-refractivity contribution in [1.82, 2.24) is 20.1 Å². The summed E-state index contributed by atoms with van der Waals surface area (Å²) in [6.07, 6.45) is 2.60. The van der Waals surface area contributed by atoms with Crippen molar-refractivity contribution in [3.63, 3.8) is 0 Å². The van der Waals surface area contributed by atoms with Gasteiger partial charge in [0.1, 0.15) is 18.0 Å². The second-order valence-electron chi connectivity index (χ2n) is 5.01. The van der Waals surface area contributed by atoms with Gasteiger partial charge in [-0.25, -0.2) is 14.1 Å².